The molecule has 0 aliphatic carbocycles. The van der Waals surface area contributed by atoms with E-state index in [4.69, 9.17) is 4.42 Å². The Morgan fingerprint density at radius 1 is 1.00 bits per heavy atom. The first-order chi connectivity index (χ1) is 16.9. The van der Waals surface area contributed by atoms with Crippen LogP contribution in [0.15, 0.2) is 57.8 Å². The van der Waals surface area contributed by atoms with Gasteiger partial charge in [0.15, 0.2) is 0 Å². The number of halogens is 3. The summed E-state index contributed by atoms with van der Waals surface area (Å²) in [6.45, 7) is 4.95. The predicted molar refractivity (Wildman–Crippen MR) is 126 cm³/mol. The first-order valence-corrected chi connectivity index (χ1v) is 12.7. The van der Waals surface area contributed by atoms with Crippen molar-refractivity contribution in [1.29, 1.82) is 0 Å². The van der Waals surface area contributed by atoms with Crippen LogP contribution in [0.25, 0.3) is 11.5 Å². The largest absolute Gasteiger partial charge is 0.416 e. The average molecular weight is 523 g/mol. The van der Waals surface area contributed by atoms with Gasteiger partial charge in [-0.2, -0.15) is 17.5 Å². The summed E-state index contributed by atoms with van der Waals surface area (Å²) >= 11 is 0. The maximum atomic E-state index is 13.1. The molecule has 0 spiro atoms. The van der Waals surface area contributed by atoms with Gasteiger partial charge in [-0.25, -0.2) is 8.42 Å². The molecule has 0 bridgehead atoms. The van der Waals surface area contributed by atoms with Crippen LogP contribution in [-0.4, -0.2) is 49.0 Å². The summed E-state index contributed by atoms with van der Waals surface area (Å²) in [5.41, 5.74) is -0.349. The molecule has 1 aliphatic rings. The number of anilines is 1. The van der Waals surface area contributed by atoms with Gasteiger partial charge in [-0.05, 0) is 66.8 Å². The van der Waals surface area contributed by atoms with Gasteiger partial charge >= 0.3 is 12.2 Å². The van der Waals surface area contributed by atoms with Gasteiger partial charge in [0, 0.05) is 31.3 Å². The SMILES string of the molecule is C[C@@H]1C[C@H](C)CN(S(=O)(=O)c2ccc(C(=O)N(C)c3nnc(-c4ccc(C(F)(F)F)cc4)o3)cc2)C1. The van der Waals surface area contributed by atoms with Crippen molar-refractivity contribution >= 4 is 21.9 Å². The molecule has 2 aromatic carbocycles. The molecule has 1 aromatic heterocycles. The quantitative estimate of drug-likeness (QED) is 0.482. The lowest BCUT2D eigenvalue weighted by atomic mass is 9.94. The van der Waals surface area contributed by atoms with E-state index >= 15 is 0 Å². The monoisotopic (exact) mass is 522 g/mol. The lowest BCUT2D eigenvalue weighted by Crippen LogP contribution is -2.42. The van der Waals surface area contributed by atoms with Crippen molar-refractivity contribution in [3.8, 4) is 11.5 Å². The number of alkyl halides is 3. The van der Waals surface area contributed by atoms with E-state index in [-0.39, 0.29) is 39.8 Å². The van der Waals surface area contributed by atoms with Crippen LogP contribution in [-0.2, 0) is 16.2 Å². The van der Waals surface area contributed by atoms with Gasteiger partial charge in [0.1, 0.15) is 0 Å². The van der Waals surface area contributed by atoms with Gasteiger partial charge in [0.05, 0.1) is 10.5 Å². The van der Waals surface area contributed by atoms with Crippen LogP contribution in [0.1, 0.15) is 36.2 Å². The van der Waals surface area contributed by atoms with Crippen molar-refractivity contribution in [3.05, 3.63) is 59.7 Å². The van der Waals surface area contributed by atoms with Crippen LogP contribution >= 0.6 is 0 Å². The van der Waals surface area contributed by atoms with Gasteiger partial charge in [0.25, 0.3) is 5.91 Å². The normalized spacial score (nSPS) is 19.3. The molecule has 2 heterocycles. The predicted octanol–water partition coefficient (Wildman–Crippen LogP) is 4.70. The smallest absolute Gasteiger partial charge is 0.403 e. The van der Waals surface area contributed by atoms with Gasteiger partial charge in [-0.1, -0.05) is 18.9 Å². The van der Waals surface area contributed by atoms with E-state index in [2.05, 4.69) is 10.2 Å². The molecule has 3 aromatic rings. The average Bonchev–Trinajstić information content (AvgIpc) is 3.32. The molecule has 1 amide bonds. The lowest BCUT2D eigenvalue weighted by molar-refractivity contribution is -0.137. The third kappa shape index (κ3) is 5.29. The number of hydrogen-bond donors (Lipinski definition) is 0. The van der Waals surface area contributed by atoms with Gasteiger partial charge < -0.3 is 4.42 Å². The fraction of sp³-hybridized carbons (Fsp3) is 0.375. The van der Waals surface area contributed by atoms with Crippen LogP contribution < -0.4 is 4.90 Å². The van der Waals surface area contributed by atoms with Crippen molar-refractivity contribution in [3.63, 3.8) is 0 Å². The van der Waals surface area contributed by atoms with E-state index in [1.165, 1.54) is 47.8 Å². The van der Waals surface area contributed by atoms with E-state index in [1.54, 1.807) is 0 Å². The molecule has 0 unspecified atom stereocenters. The highest BCUT2D eigenvalue weighted by molar-refractivity contribution is 7.89. The molecule has 12 heteroatoms. The number of benzene rings is 2. The zero-order chi connectivity index (χ0) is 26.3. The minimum atomic E-state index is -4.47. The Labute approximate surface area is 206 Å². The Balaban J connectivity index is 1.48. The summed E-state index contributed by atoms with van der Waals surface area (Å²) in [6, 6.07) is 9.64. The van der Waals surface area contributed by atoms with Crippen LogP contribution in [0, 0.1) is 11.8 Å². The number of amides is 1. The summed E-state index contributed by atoms with van der Waals surface area (Å²) < 4.78 is 71.4. The highest BCUT2D eigenvalue weighted by atomic mass is 32.2. The zero-order valence-electron chi connectivity index (χ0n) is 19.9. The Bertz CT molecular complexity index is 1330. The van der Waals surface area contributed by atoms with Crippen LogP contribution in [0.4, 0.5) is 19.2 Å². The van der Waals surface area contributed by atoms with Crippen molar-refractivity contribution in [2.24, 2.45) is 11.8 Å². The lowest BCUT2D eigenvalue weighted by Gasteiger charge is -2.34. The van der Waals surface area contributed by atoms with Crippen molar-refractivity contribution in [1.82, 2.24) is 14.5 Å². The van der Waals surface area contributed by atoms with E-state index in [9.17, 15) is 26.4 Å². The number of sulfonamides is 1. The van der Waals surface area contributed by atoms with Crippen molar-refractivity contribution in [2.45, 2.75) is 31.3 Å². The van der Waals surface area contributed by atoms with Crippen LogP contribution in [0.5, 0.6) is 0 Å². The van der Waals surface area contributed by atoms with Gasteiger partial charge in [0.2, 0.25) is 15.9 Å². The Kier molecular flexibility index (Phi) is 6.93. The minimum Gasteiger partial charge on any atom is -0.403 e. The molecule has 0 radical (unpaired) electrons. The summed E-state index contributed by atoms with van der Waals surface area (Å²) in [4.78, 5) is 14.1. The number of rotatable bonds is 5. The maximum absolute atomic E-state index is 13.1. The van der Waals surface area contributed by atoms with Crippen molar-refractivity contribution < 1.29 is 30.8 Å². The number of piperidine rings is 1. The summed E-state index contributed by atoms with van der Waals surface area (Å²) in [7, 11) is -2.29. The zero-order valence-corrected chi connectivity index (χ0v) is 20.7. The minimum absolute atomic E-state index is 0.0511. The Morgan fingerprint density at radius 2 is 1.58 bits per heavy atom. The number of hydrogen-bond acceptors (Lipinski definition) is 6. The van der Waals surface area contributed by atoms with E-state index < -0.39 is 27.7 Å². The molecule has 1 aliphatic heterocycles. The number of nitrogens with zero attached hydrogens (tertiary/aromatic N) is 4. The molecule has 2 atom stereocenters. The first kappa shape index (κ1) is 25.8. The van der Waals surface area contributed by atoms with Gasteiger partial charge in [-0.3, -0.25) is 9.69 Å². The molecule has 1 saturated heterocycles. The van der Waals surface area contributed by atoms with Crippen LogP contribution in [0.2, 0.25) is 0 Å². The van der Waals surface area contributed by atoms with Crippen LogP contribution in [0.3, 0.4) is 0 Å². The molecule has 0 N–H and O–H groups in total. The number of carbonyl (C=O) groups is 1. The fourth-order valence-electron chi connectivity index (χ4n) is 4.27. The molecule has 8 nitrogen and oxygen atoms in total. The molecule has 1 fully saturated rings. The van der Waals surface area contributed by atoms with E-state index in [0.29, 0.717) is 13.1 Å². The topological polar surface area (TPSA) is 96.6 Å². The maximum Gasteiger partial charge on any atom is 0.416 e. The van der Waals surface area contributed by atoms with Crippen molar-refractivity contribution in [2.75, 3.05) is 25.0 Å². The standard InChI is InChI=1S/C24H25F3N4O4S/c1-15-12-16(2)14-31(13-15)36(33,34)20-10-6-18(7-11-20)22(32)30(3)23-29-28-21(35-23)17-4-8-19(9-5-17)24(25,26)27/h4-11,15-16H,12-14H2,1-3H3/t15-,16+. The highest BCUT2D eigenvalue weighted by Gasteiger charge is 2.32. The Morgan fingerprint density at radius 3 is 2.14 bits per heavy atom. The molecular weight excluding hydrogens is 497 g/mol. The van der Waals surface area contributed by atoms with E-state index in [1.807, 2.05) is 13.8 Å². The van der Waals surface area contributed by atoms with Gasteiger partial charge in [-0.15, -0.1) is 5.10 Å². The second-order valence-electron chi connectivity index (χ2n) is 9.12. The molecule has 4 rings (SSSR count). The second-order valence-corrected chi connectivity index (χ2v) is 11.1. The molecule has 192 valence electrons. The number of aromatic nitrogens is 2. The fourth-order valence-corrected chi connectivity index (χ4v) is 5.95. The second kappa shape index (κ2) is 9.66. The third-order valence-electron chi connectivity index (χ3n) is 6.04. The Hall–Kier alpha value is -3.25. The summed E-state index contributed by atoms with van der Waals surface area (Å²) in [5, 5.41) is 7.62. The molecule has 36 heavy (non-hydrogen) atoms. The summed E-state index contributed by atoms with van der Waals surface area (Å²) in [5.74, 6) is -0.0496. The number of carbonyl (C=O) groups excluding carboxylic acids is 1. The highest BCUT2D eigenvalue weighted by Crippen LogP contribution is 2.31. The summed E-state index contributed by atoms with van der Waals surface area (Å²) in [6.07, 6.45) is -3.49. The first-order valence-electron chi connectivity index (χ1n) is 11.3. The molecular formula is C24H25F3N4O4S. The van der Waals surface area contributed by atoms with E-state index in [0.717, 1.165) is 23.5 Å². The molecule has 0 saturated carbocycles. The third-order valence-corrected chi connectivity index (χ3v) is 7.89.